The summed E-state index contributed by atoms with van der Waals surface area (Å²) >= 11 is 0. The highest BCUT2D eigenvalue weighted by molar-refractivity contribution is 5.85. The molecule has 2 aromatic carbocycles. The maximum Gasteiger partial charge on any atom is 0.120 e. The van der Waals surface area contributed by atoms with Crippen LogP contribution in [0.15, 0.2) is 42.5 Å². The zero-order valence-corrected chi connectivity index (χ0v) is 13.1. The van der Waals surface area contributed by atoms with Gasteiger partial charge in [-0.2, -0.15) is 0 Å². The van der Waals surface area contributed by atoms with Crippen molar-refractivity contribution in [2.75, 3.05) is 32.8 Å². The Kier molecular flexibility index (Phi) is 5.85. The maximum absolute atomic E-state index is 6.04. The molecule has 0 spiro atoms. The molecule has 1 saturated heterocycles. The summed E-state index contributed by atoms with van der Waals surface area (Å²) < 4.78 is 11.4. The van der Waals surface area contributed by atoms with E-state index in [2.05, 4.69) is 54.3 Å². The fourth-order valence-corrected chi connectivity index (χ4v) is 2.66. The van der Waals surface area contributed by atoms with Gasteiger partial charge in [0, 0.05) is 19.6 Å². The van der Waals surface area contributed by atoms with Gasteiger partial charge < -0.3 is 9.47 Å². The third-order valence-electron chi connectivity index (χ3n) is 3.68. The van der Waals surface area contributed by atoms with Gasteiger partial charge in [0.05, 0.1) is 13.2 Å². The molecule has 1 fully saturated rings. The van der Waals surface area contributed by atoms with Crippen LogP contribution in [0.1, 0.15) is 6.92 Å². The second-order valence-electron chi connectivity index (χ2n) is 5.35. The number of benzene rings is 2. The van der Waals surface area contributed by atoms with Crippen LogP contribution in [0.4, 0.5) is 0 Å². The summed E-state index contributed by atoms with van der Waals surface area (Å²) in [7, 11) is 0. The van der Waals surface area contributed by atoms with E-state index in [1.165, 1.54) is 10.8 Å². The molecule has 1 heterocycles. The molecule has 0 N–H and O–H groups in total. The Morgan fingerprint density at radius 1 is 1.10 bits per heavy atom. The van der Waals surface area contributed by atoms with Crippen LogP contribution in [0.2, 0.25) is 0 Å². The van der Waals surface area contributed by atoms with Crippen LogP contribution in [0, 0.1) is 0 Å². The second kappa shape index (κ2) is 7.64. The van der Waals surface area contributed by atoms with E-state index in [-0.39, 0.29) is 18.5 Å². The maximum atomic E-state index is 6.04. The van der Waals surface area contributed by atoms with E-state index in [1.54, 1.807) is 0 Å². The normalized spacial score (nSPS) is 17.2. The van der Waals surface area contributed by atoms with E-state index in [0.29, 0.717) is 0 Å². The Bertz CT molecular complexity index is 569. The molecule has 4 heteroatoms. The van der Waals surface area contributed by atoms with Crippen LogP contribution in [0.5, 0.6) is 5.75 Å². The molecule has 0 radical (unpaired) electrons. The number of halogens is 1. The average molecular weight is 308 g/mol. The van der Waals surface area contributed by atoms with E-state index < -0.39 is 0 Å². The molecule has 0 bridgehead atoms. The lowest BCUT2D eigenvalue weighted by atomic mass is 10.1. The molecule has 0 aromatic heterocycles. The summed E-state index contributed by atoms with van der Waals surface area (Å²) in [5, 5.41) is 2.48. The highest BCUT2D eigenvalue weighted by atomic mass is 35.5. The summed E-state index contributed by atoms with van der Waals surface area (Å²) in [4.78, 5) is 2.40. The Labute approximate surface area is 132 Å². The van der Waals surface area contributed by atoms with Crippen LogP contribution in [-0.4, -0.2) is 43.9 Å². The lowest BCUT2D eigenvalue weighted by Gasteiger charge is -2.29. The number of fused-ring (bicyclic) bond motifs is 1. The number of rotatable bonds is 4. The van der Waals surface area contributed by atoms with Gasteiger partial charge in [0.2, 0.25) is 0 Å². The van der Waals surface area contributed by atoms with Gasteiger partial charge >= 0.3 is 0 Å². The quantitative estimate of drug-likeness (QED) is 0.864. The van der Waals surface area contributed by atoms with Crippen molar-refractivity contribution in [2.45, 2.75) is 13.0 Å². The van der Waals surface area contributed by atoms with Crippen molar-refractivity contribution in [1.29, 1.82) is 0 Å². The molecule has 0 saturated carbocycles. The first kappa shape index (κ1) is 16.1. The predicted octanol–water partition coefficient (Wildman–Crippen LogP) is 3.36. The van der Waals surface area contributed by atoms with Gasteiger partial charge in [0.1, 0.15) is 11.9 Å². The Hall–Kier alpha value is -1.29. The van der Waals surface area contributed by atoms with E-state index in [4.69, 9.17) is 9.47 Å². The van der Waals surface area contributed by atoms with Gasteiger partial charge in [-0.15, -0.1) is 12.4 Å². The Morgan fingerprint density at radius 3 is 2.57 bits per heavy atom. The van der Waals surface area contributed by atoms with E-state index in [1.807, 2.05) is 0 Å². The van der Waals surface area contributed by atoms with Crippen LogP contribution in [0.3, 0.4) is 0 Å². The lowest BCUT2D eigenvalue weighted by Crippen LogP contribution is -2.41. The molecule has 3 rings (SSSR count). The number of hydrogen-bond donors (Lipinski definition) is 0. The summed E-state index contributed by atoms with van der Waals surface area (Å²) in [5.74, 6) is 0.949. The first-order valence-corrected chi connectivity index (χ1v) is 7.27. The third kappa shape index (κ3) is 4.34. The van der Waals surface area contributed by atoms with Crippen molar-refractivity contribution >= 4 is 23.2 Å². The van der Waals surface area contributed by atoms with Gasteiger partial charge in [-0.1, -0.05) is 30.3 Å². The summed E-state index contributed by atoms with van der Waals surface area (Å²) in [5.41, 5.74) is 0. The average Bonchev–Trinajstić information content (AvgIpc) is 2.48. The van der Waals surface area contributed by atoms with E-state index >= 15 is 0 Å². The largest absolute Gasteiger partial charge is 0.489 e. The monoisotopic (exact) mass is 307 g/mol. The zero-order chi connectivity index (χ0) is 13.8. The van der Waals surface area contributed by atoms with Gasteiger partial charge in [0.25, 0.3) is 0 Å². The SMILES string of the molecule is CC(CN1CCOCC1)Oc1ccc2ccccc2c1.Cl. The number of nitrogens with zero attached hydrogens (tertiary/aromatic N) is 1. The van der Waals surface area contributed by atoms with Crippen molar-refractivity contribution < 1.29 is 9.47 Å². The Balaban J connectivity index is 0.00000161. The highest BCUT2D eigenvalue weighted by Crippen LogP contribution is 2.21. The molecule has 3 nitrogen and oxygen atoms in total. The predicted molar refractivity (Wildman–Crippen MR) is 88.5 cm³/mol. The summed E-state index contributed by atoms with van der Waals surface area (Å²) in [6, 6.07) is 14.6. The van der Waals surface area contributed by atoms with Crippen LogP contribution in [-0.2, 0) is 4.74 Å². The van der Waals surface area contributed by atoms with Crippen molar-refractivity contribution in [3.8, 4) is 5.75 Å². The smallest absolute Gasteiger partial charge is 0.120 e. The fraction of sp³-hybridized carbons (Fsp3) is 0.412. The summed E-state index contributed by atoms with van der Waals surface area (Å²) in [6.45, 7) is 6.77. The molecule has 1 atom stereocenters. The standard InChI is InChI=1S/C17H21NO2.ClH/c1-14(13-18-8-10-19-11-9-18)20-17-7-6-15-4-2-3-5-16(15)12-17;/h2-7,12,14H,8-11,13H2,1H3;1H. The molecule has 114 valence electrons. The van der Waals surface area contributed by atoms with Gasteiger partial charge in [0.15, 0.2) is 0 Å². The molecule has 1 aliphatic heterocycles. The van der Waals surface area contributed by atoms with Gasteiger partial charge in [-0.25, -0.2) is 0 Å². The molecule has 1 unspecified atom stereocenters. The molecule has 2 aromatic rings. The van der Waals surface area contributed by atoms with Gasteiger partial charge in [-0.05, 0) is 29.8 Å². The van der Waals surface area contributed by atoms with Crippen LogP contribution < -0.4 is 4.74 Å². The first-order valence-electron chi connectivity index (χ1n) is 7.27. The number of morpholine rings is 1. The Morgan fingerprint density at radius 2 is 1.81 bits per heavy atom. The van der Waals surface area contributed by atoms with Crippen LogP contribution >= 0.6 is 12.4 Å². The molecular formula is C17H22ClNO2. The molecule has 21 heavy (non-hydrogen) atoms. The van der Waals surface area contributed by atoms with E-state index in [9.17, 15) is 0 Å². The second-order valence-corrected chi connectivity index (χ2v) is 5.35. The minimum absolute atomic E-state index is 0. The highest BCUT2D eigenvalue weighted by Gasteiger charge is 2.14. The fourth-order valence-electron chi connectivity index (χ4n) is 2.66. The molecule has 0 aliphatic carbocycles. The van der Waals surface area contributed by atoms with Crippen molar-refractivity contribution in [3.63, 3.8) is 0 Å². The van der Waals surface area contributed by atoms with Crippen molar-refractivity contribution in [2.24, 2.45) is 0 Å². The lowest BCUT2D eigenvalue weighted by molar-refractivity contribution is 0.0219. The first-order chi connectivity index (χ1) is 9.81. The summed E-state index contributed by atoms with van der Waals surface area (Å²) in [6.07, 6.45) is 0.189. The van der Waals surface area contributed by atoms with Crippen LogP contribution in [0.25, 0.3) is 10.8 Å². The van der Waals surface area contributed by atoms with Crippen molar-refractivity contribution in [1.82, 2.24) is 4.90 Å². The minimum atomic E-state index is 0. The molecule has 1 aliphatic rings. The molecule has 0 amide bonds. The zero-order valence-electron chi connectivity index (χ0n) is 12.3. The number of ether oxygens (including phenoxy) is 2. The van der Waals surface area contributed by atoms with Gasteiger partial charge in [-0.3, -0.25) is 4.90 Å². The minimum Gasteiger partial charge on any atom is -0.489 e. The number of hydrogen-bond acceptors (Lipinski definition) is 3. The molecular weight excluding hydrogens is 286 g/mol. The third-order valence-corrected chi connectivity index (χ3v) is 3.68. The van der Waals surface area contributed by atoms with Crippen molar-refractivity contribution in [3.05, 3.63) is 42.5 Å². The van der Waals surface area contributed by atoms with E-state index in [0.717, 1.165) is 38.6 Å². The topological polar surface area (TPSA) is 21.7 Å².